The molecule has 4 nitrogen and oxygen atoms in total. The fraction of sp³-hybridized carbons (Fsp3) is 0.562. The quantitative estimate of drug-likeness (QED) is 0.868. The lowest BCUT2D eigenvalue weighted by Crippen LogP contribution is -2.37. The van der Waals surface area contributed by atoms with E-state index in [1.54, 1.807) is 24.3 Å². The maximum absolute atomic E-state index is 10.7. The van der Waals surface area contributed by atoms with Crippen molar-refractivity contribution in [1.29, 1.82) is 0 Å². The lowest BCUT2D eigenvalue weighted by molar-refractivity contribution is 0.0697. The summed E-state index contributed by atoms with van der Waals surface area (Å²) in [5.41, 5.74) is 0.291. The molecule has 0 aliphatic carbocycles. The fourth-order valence-corrected chi connectivity index (χ4v) is 2.67. The van der Waals surface area contributed by atoms with Crippen LogP contribution in [-0.4, -0.2) is 42.2 Å². The Bertz CT molecular complexity index is 430. The number of aromatic carboxylic acids is 1. The van der Waals surface area contributed by atoms with E-state index in [0.29, 0.717) is 12.2 Å². The van der Waals surface area contributed by atoms with Crippen molar-refractivity contribution >= 4 is 5.97 Å². The average Bonchev–Trinajstić information content (AvgIpc) is 2.48. The van der Waals surface area contributed by atoms with E-state index in [1.807, 2.05) is 0 Å². The Morgan fingerprint density at radius 3 is 2.80 bits per heavy atom. The first-order valence-corrected chi connectivity index (χ1v) is 7.37. The minimum atomic E-state index is -0.907. The molecule has 1 aromatic rings. The first kappa shape index (κ1) is 14.9. The summed E-state index contributed by atoms with van der Waals surface area (Å²) >= 11 is 0. The Morgan fingerprint density at radius 1 is 1.40 bits per heavy atom. The van der Waals surface area contributed by atoms with Crippen LogP contribution in [0.2, 0.25) is 0 Å². The molecular weight excluding hydrogens is 254 g/mol. The molecule has 0 spiro atoms. The highest BCUT2D eigenvalue weighted by Gasteiger charge is 2.17. The van der Waals surface area contributed by atoms with E-state index in [1.165, 1.54) is 25.8 Å². The lowest BCUT2D eigenvalue weighted by atomic mass is 9.96. The van der Waals surface area contributed by atoms with Gasteiger partial charge in [-0.05, 0) is 49.6 Å². The summed E-state index contributed by atoms with van der Waals surface area (Å²) in [6.45, 7) is 6.20. The molecule has 0 saturated carbocycles. The summed E-state index contributed by atoms with van der Waals surface area (Å²) in [7, 11) is 0. The summed E-state index contributed by atoms with van der Waals surface area (Å²) < 4.78 is 5.68. The number of hydrogen-bond donors (Lipinski definition) is 1. The van der Waals surface area contributed by atoms with Gasteiger partial charge in [-0.1, -0.05) is 13.3 Å². The van der Waals surface area contributed by atoms with Crippen molar-refractivity contribution in [3.8, 4) is 5.75 Å². The van der Waals surface area contributed by atoms with Gasteiger partial charge in [0.05, 0.1) is 5.56 Å². The van der Waals surface area contributed by atoms with Crippen LogP contribution in [0.4, 0.5) is 0 Å². The molecule has 1 saturated heterocycles. The number of hydrogen-bond acceptors (Lipinski definition) is 3. The molecule has 0 aromatic heterocycles. The highest BCUT2D eigenvalue weighted by Crippen LogP contribution is 2.19. The molecule has 2 rings (SSSR count). The van der Waals surface area contributed by atoms with E-state index >= 15 is 0 Å². The van der Waals surface area contributed by atoms with Crippen molar-refractivity contribution in [3.05, 3.63) is 29.8 Å². The third-order valence-corrected chi connectivity index (χ3v) is 3.96. The molecule has 0 radical (unpaired) electrons. The van der Waals surface area contributed by atoms with Gasteiger partial charge in [0.1, 0.15) is 12.4 Å². The first-order valence-electron chi connectivity index (χ1n) is 7.37. The van der Waals surface area contributed by atoms with Gasteiger partial charge in [-0.25, -0.2) is 4.79 Å². The van der Waals surface area contributed by atoms with Gasteiger partial charge >= 0.3 is 5.97 Å². The summed E-state index contributed by atoms with van der Waals surface area (Å²) in [4.78, 5) is 13.2. The van der Waals surface area contributed by atoms with Crippen LogP contribution in [-0.2, 0) is 0 Å². The van der Waals surface area contributed by atoms with E-state index in [9.17, 15) is 4.79 Å². The second-order valence-electron chi connectivity index (χ2n) is 5.40. The van der Waals surface area contributed by atoms with E-state index in [4.69, 9.17) is 9.84 Å². The summed E-state index contributed by atoms with van der Waals surface area (Å²) in [6, 6.07) is 6.58. The van der Waals surface area contributed by atoms with Gasteiger partial charge in [-0.3, -0.25) is 4.90 Å². The largest absolute Gasteiger partial charge is 0.492 e. The van der Waals surface area contributed by atoms with Crippen LogP contribution in [0.3, 0.4) is 0 Å². The van der Waals surface area contributed by atoms with Crippen LogP contribution in [0, 0.1) is 5.92 Å². The van der Waals surface area contributed by atoms with Crippen molar-refractivity contribution in [2.75, 3.05) is 26.2 Å². The molecule has 1 heterocycles. The second kappa shape index (κ2) is 7.29. The molecule has 0 amide bonds. The predicted molar refractivity (Wildman–Crippen MR) is 78.4 cm³/mol. The molecule has 1 aliphatic rings. The van der Waals surface area contributed by atoms with Gasteiger partial charge < -0.3 is 9.84 Å². The molecule has 0 bridgehead atoms. The van der Waals surface area contributed by atoms with Crippen molar-refractivity contribution in [2.45, 2.75) is 26.2 Å². The van der Waals surface area contributed by atoms with Crippen LogP contribution in [0.25, 0.3) is 0 Å². The zero-order valence-corrected chi connectivity index (χ0v) is 12.0. The normalized spacial score (nSPS) is 19.8. The number of carboxylic acids is 1. The predicted octanol–water partition coefficient (Wildman–Crippen LogP) is 2.89. The molecule has 1 atom stereocenters. The van der Waals surface area contributed by atoms with Crippen molar-refractivity contribution < 1.29 is 14.6 Å². The molecule has 1 aromatic carbocycles. The SMILES string of the molecule is CCC1CCCN(CCOc2ccc(C(=O)O)cc2)C1. The maximum atomic E-state index is 10.7. The number of carboxylic acid groups (broad SMARTS) is 1. The molecule has 1 fully saturated rings. The van der Waals surface area contributed by atoms with E-state index in [0.717, 1.165) is 24.8 Å². The standard InChI is InChI=1S/C16H23NO3/c1-2-13-4-3-9-17(12-13)10-11-20-15-7-5-14(6-8-15)16(18)19/h5-8,13H,2-4,9-12H2,1H3,(H,18,19). The summed E-state index contributed by atoms with van der Waals surface area (Å²) in [6.07, 6.45) is 3.89. The van der Waals surface area contributed by atoms with E-state index in [-0.39, 0.29) is 0 Å². The Labute approximate surface area is 120 Å². The van der Waals surface area contributed by atoms with Crippen molar-refractivity contribution in [1.82, 2.24) is 4.90 Å². The highest BCUT2D eigenvalue weighted by molar-refractivity contribution is 5.87. The number of nitrogens with zero attached hydrogens (tertiary/aromatic N) is 1. The third kappa shape index (κ3) is 4.23. The smallest absolute Gasteiger partial charge is 0.335 e. The Kier molecular flexibility index (Phi) is 5.41. The lowest BCUT2D eigenvalue weighted by Gasteiger charge is -2.32. The number of ether oxygens (including phenoxy) is 1. The number of likely N-dealkylation sites (tertiary alicyclic amines) is 1. The van der Waals surface area contributed by atoms with Gasteiger partial charge in [0, 0.05) is 13.1 Å². The zero-order valence-electron chi connectivity index (χ0n) is 12.0. The molecule has 110 valence electrons. The highest BCUT2D eigenvalue weighted by atomic mass is 16.5. The molecule has 1 unspecified atom stereocenters. The Balaban J connectivity index is 1.74. The number of piperidine rings is 1. The number of carbonyl (C=O) groups is 1. The van der Waals surface area contributed by atoms with E-state index in [2.05, 4.69) is 11.8 Å². The number of rotatable bonds is 6. The van der Waals surface area contributed by atoms with Gasteiger partial charge in [-0.2, -0.15) is 0 Å². The average molecular weight is 277 g/mol. The zero-order chi connectivity index (χ0) is 14.4. The van der Waals surface area contributed by atoms with Crippen LogP contribution >= 0.6 is 0 Å². The third-order valence-electron chi connectivity index (χ3n) is 3.96. The molecule has 20 heavy (non-hydrogen) atoms. The van der Waals surface area contributed by atoms with Gasteiger partial charge in [0.15, 0.2) is 0 Å². The Morgan fingerprint density at radius 2 is 2.15 bits per heavy atom. The molecule has 1 N–H and O–H groups in total. The summed E-state index contributed by atoms with van der Waals surface area (Å²) in [5.74, 6) is 0.660. The minimum Gasteiger partial charge on any atom is -0.492 e. The van der Waals surface area contributed by atoms with Crippen LogP contribution in [0.15, 0.2) is 24.3 Å². The van der Waals surface area contributed by atoms with Crippen LogP contribution in [0.5, 0.6) is 5.75 Å². The first-order chi connectivity index (χ1) is 9.69. The Hall–Kier alpha value is -1.55. The topological polar surface area (TPSA) is 49.8 Å². The fourth-order valence-electron chi connectivity index (χ4n) is 2.67. The molecular formula is C16H23NO3. The number of benzene rings is 1. The molecule has 1 aliphatic heterocycles. The summed E-state index contributed by atoms with van der Waals surface area (Å²) in [5, 5.41) is 8.82. The molecule has 4 heteroatoms. The maximum Gasteiger partial charge on any atom is 0.335 e. The van der Waals surface area contributed by atoms with Crippen LogP contribution in [0.1, 0.15) is 36.5 Å². The van der Waals surface area contributed by atoms with Gasteiger partial charge in [0.25, 0.3) is 0 Å². The van der Waals surface area contributed by atoms with Gasteiger partial charge in [-0.15, -0.1) is 0 Å². The van der Waals surface area contributed by atoms with Crippen molar-refractivity contribution in [3.63, 3.8) is 0 Å². The van der Waals surface area contributed by atoms with Crippen molar-refractivity contribution in [2.24, 2.45) is 5.92 Å². The minimum absolute atomic E-state index is 0.291. The van der Waals surface area contributed by atoms with Crippen LogP contribution < -0.4 is 4.74 Å². The second-order valence-corrected chi connectivity index (χ2v) is 5.40. The monoisotopic (exact) mass is 277 g/mol. The van der Waals surface area contributed by atoms with E-state index < -0.39 is 5.97 Å². The van der Waals surface area contributed by atoms with Gasteiger partial charge in [0.2, 0.25) is 0 Å².